The van der Waals surface area contributed by atoms with Crippen molar-refractivity contribution in [3.8, 4) is 28.4 Å². The van der Waals surface area contributed by atoms with E-state index in [1.165, 1.54) is 12.1 Å². The van der Waals surface area contributed by atoms with E-state index >= 15 is 0 Å². The van der Waals surface area contributed by atoms with Gasteiger partial charge in [0.25, 0.3) is 0 Å². The fraction of sp³-hybridized carbons (Fsp3) is 0.0769. The Balaban J connectivity index is 2.59. The predicted octanol–water partition coefficient (Wildman–Crippen LogP) is 2.78. The SMILES string of the molecule is Cc1cc(O)ccc1-c1ccc(O)cc1O. The van der Waals surface area contributed by atoms with Gasteiger partial charge in [-0.1, -0.05) is 6.07 Å². The third-order valence-electron chi connectivity index (χ3n) is 2.48. The average Bonchev–Trinajstić information content (AvgIpc) is 2.19. The maximum atomic E-state index is 9.72. The molecule has 3 N–H and O–H groups in total. The van der Waals surface area contributed by atoms with E-state index in [0.29, 0.717) is 5.56 Å². The van der Waals surface area contributed by atoms with Gasteiger partial charge in [-0.2, -0.15) is 0 Å². The molecule has 0 unspecified atom stereocenters. The van der Waals surface area contributed by atoms with Gasteiger partial charge >= 0.3 is 0 Å². The molecule has 0 spiro atoms. The maximum Gasteiger partial charge on any atom is 0.127 e. The fourth-order valence-corrected chi connectivity index (χ4v) is 1.70. The van der Waals surface area contributed by atoms with Crippen LogP contribution in [0.25, 0.3) is 11.1 Å². The zero-order valence-electron chi connectivity index (χ0n) is 8.81. The minimum absolute atomic E-state index is 0.0220. The summed E-state index contributed by atoms with van der Waals surface area (Å²) in [6, 6.07) is 9.38. The monoisotopic (exact) mass is 216 g/mol. The van der Waals surface area contributed by atoms with Gasteiger partial charge in [-0.15, -0.1) is 0 Å². The Bertz CT molecular complexity index is 483. The van der Waals surface area contributed by atoms with Crippen LogP contribution < -0.4 is 0 Å². The van der Waals surface area contributed by atoms with Crippen molar-refractivity contribution in [2.75, 3.05) is 0 Å². The van der Waals surface area contributed by atoms with Crippen LogP contribution in [-0.2, 0) is 0 Å². The molecule has 0 fully saturated rings. The molecule has 0 aromatic heterocycles. The van der Waals surface area contributed by atoms with Gasteiger partial charge in [0.2, 0.25) is 0 Å². The maximum absolute atomic E-state index is 9.72. The Kier molecular flexibility index (Phi) is 2.44. The van der Waals surface area contributed by atoms with Gasteiger partial charge in [0.15, 0.2) is 0 Å². The van der Waals surface area contributed by atoms with Crippen LogP contribution in [0.2, 0.25) is 0 Å². The van der Waals surface area contributed by atoms with Crippen LogP contribution in [0.4, 0.5) is 0 Å². The number of rotatable bonds is 1. The van der Waals surface area contributed by atoms with Crippen LogP contribution >= 0.6 is 0 Å². The molecule has 0 atom stereocenters. The van der Waals surface area contributed by atoms with E-state index in [1.54, 1.807) is 24.3 Å². The molecular weight excluding hydrogens is 204 g/mol. The van der Waals surface area contributed by atoms with E-state index in [0.717, 1.165) is 11.1 Å². The lowest BCUT2D eigenvalue weighted by Gasteiger charge is -2.08. The summed E-state index contributed by atoms with van der Waals surface area (Å²) in [6.45, 7) is 1.85. The number of phenolic OH excluding ortho intramolecular Hbond substituents is 3. The van der Waals surface area contributed by atoms with E-state index < -0.39 is 0 Å². The Labute approximate surface area is 93.2 Å². The number of aryl methyl sites for hydroxylation is 1. The van der Waals surface area contributed by atoms with Crippen molar-refractivity contribution in [1.29, 1.82) is 0 Å². The van der Waals surface area contributed by atoms with Crippen LogP contribution in [0.15, 0.2) is 36.4 Å². The quantitative estimate of drug-likeness (QED) is 0.686. The number of phenols is 3. The molecule has 2 rings (SSSR count). The van der Waals surface area contributed by atoms with Gasteiger partial charge in [-0.25, -0.2) is 0 Å². The topological polar surface area (TPSA) is 60.7 Å². The summed E-state index contributed by atoms with van der Waals surface area (Å²) in [4.78, 5) is 0. The van der Waals surface area contributed by atoms with Crippen molar-refractivity contribution in [1.82, 2.24) is 0 Å². The molecule has 0 aliphatic heterocycles. The second-order valence-corrected chi connectivity index (χ2v) is 3.70. The van der Waals surface area contributed by atoms with Crippen LogP contribution in [-0.4, -0.2) is 15.3 Å². The molecule has 0 heterocycles. The second kappa shape index (κ2) is 3.77. The molecule has 16 heavy (non-hydrogen) atoms. The van der Waals surface area contributed by atoms with Crippen LogP contribution in [0.3, 0.4) is 0 Å². The second-order valence-electron chi connectivity index (χ2n) is 3.70. The Morgan fingerprint density at radius 2 is 1.31 bits per heavy atom. The highest BCUT2D eigenvalue weighted by atomic mass is 16.3. The van der Waals surface area contributed by atoms with E-state index in [-0.39, 0.29) is 17.2 Å². The summed E-state index contributed by atoms with van der Waals surface area (Å²) in [5.41, 5.74) is 2.33. The zero-order chi connectivity index (χ0) is 11.7. The minimum Gasteiger partial charge on any atom is -0.508 e. The summed E-state index contributed by atoms with van der Waals surface area (Å²) in [7, 11) is 0. The number of aromatic hydroxyl groups is 3. The van der Waals surface area contributed by atoms with Crippen LogP contribution in [0.1, 0.15) is 5.56 Å². The first-order valence-corrected chi connectivity index (χ1v) is 4.90. The predicted molar refractivity (Wildman–Crippen MR) is 61.6 cm³/mol. The van der Waals surface area contributed by atoms with Gasteiger partial charge in [0, 0.05) is 11.6 Å². The lowest BCUT2D eigenvalue weighted by atomic mass is 9.99. The molecule has 82 valence electrons. The molecular formula is C13H12O3. The molecule has 0 aliphatic rings. The number of hydrogen-bond donors (Lipinski definition) is 3. The van der Waals surface area contributed by atoms with E-state index in [4.69, 9.17) is 0 Å². The molecule has 0 aliphatic carbocycles. The molecule has 0 saturated heterocycles. The largest absolute Gasteiger partial charge is 0.508 e. The lowest BCUT2D eigenvalue weighted by Crippen LogP contribution is -1.83. The smallest absolute Gasteiger partial charge is 0.127 e. The fourth-order valence-electron chi connectivity index (χ4n) is 1.70. The van der Waals surface area contributed by atoms with Crippen LogP contribution in [0.5, 0.6) is 17.2 Å². The molecule has 0 saturated carbocycles. The van der Waals surface area contributed by atoms with Crippen molar-refractivity contribution < 1.29 is 15.3 Å². The summed E-state index contributed by atoms with van der Waals surface area (Å²) in [5, 5.41) is 28.2. The highest BCUT2D eigenvalue weighted by Crippen LogP contribution is 2.34. The third kappa shape index (κ3) is 1.80. The molecule has 0 amide bonds. The van der Waals surface area contributed by atoms with Gasteiger partial charge in [0.05, 0.1) is 0 Å². The van der Waals surface area contributed by atoms with Gasteiger partial charge in [-0.3, -0.25) is 0 Å². The minimum atomic E-state index is 0.0220. The first kappa shape index (κ1) is 10.4. The first-order valence-electron chi connectivity index (χ1n) is 4.90. The van der Waals surface area contributed by atoms with Gasteiger partial charge in [0.1, 0.15) is 17.2 Å². The van der Waals surface area contributed by atoms with Gasteiger partial charge < -0.3 is 15.3 Å². The van der Waals surface area contributed by atoms with Crippen LogP contribution in [0, 0.1) is 6.92 Å². The summed E-state index contributed by atoms with van der Waals surface area (Å²) in [5.74, 6) is 0.242. The van der Waals surface area contributed by atoms with E-state index in [9.17, 15) is 15.3 Å². The molecule has 0 bridgehead atoms. The molecule has 2 aromatic carbocycles. The molecule has 3 nitrogen and oxygen atoms in total. The lowest BCUT2D eigenvalue weighted by molar-refractivity contribution is 0.451. The normalized spacial score (nSPS) is 10.3. The highest BCUT2D eigenvalue weighted by molar-refractivity contribution is 5.74. The van der Waals surface area contributed by atoms with Crippen molar-refractivity contribution in [2.45, 2.75) is 6.92 Å². The molecule has 3 heteroatoms. The molecule has 0 radical (unpaired) electrons. The highest BCUT2D eigenvalue weighted by Gasteiger charge is 2.08. The van der Waals surface area contributed by atoms with Crippen molar-refractivity contribution >= 4 is 0 Å². The number of hydrogen-bond acceptors (Lipinski definition) is 3. The summed E-state index contributed by atoms with van der Waals surface area (Å²) in [6.07, 6.45) is 0. The Morgan fingerprint density at radius 3 is 1.88 bits per heavy atom. The summed E-state index contributed by atoms with van der Waals surface area (Å²) < 4.78 is 0. The summed E-state index contributed by atoms with van der Waals surface area (Å²) >= 11 is 0. The molecule has 2 aromatic rings. The van der Waals surface area contributed by atoms with E-state index in [1.807, 2.05) is 6.92 Å². The number of benzene rings is 2. The van der Waals surface area contributed by atoms with Crippen molar-refractivity contribution in [3.05, 3.63) is 42.0 Å². The Morgan fingerprint density at radius 1 is 0.750 bits per heavy atom. The van der Waals surface area contributed by atoms with Crippen molar-refractivity contribution in [2.24, 2.45) is 0 Å². The van der Waals surface area contributed by atoms with E-state index in [2.05, 4.69) is 0 Å². The Hall–Kier alpha value is -2.16. The zero-order valence-corrected chi connectivity index (χ0v) is 8.81. The standard InChI is InChI=1S/C13H12O3/c1-8-6-9(14)2-4-11(8)12-5-3-10(15)7-13(12)16/h2-7,14-16H,1H3. The van der Waals surface area contributed by atoms with Crippen molar-refractivity contribution in [3.63, 3.8) is 0 Å². The van der Waals surface area contributed by atoms with Gasteiger partial charge in [-0.05, 0) is 42.3 Å². The average molecular weight is 216 g/mol. The first-order chi connectivity index (χ1) is 7.58. The third-order valence-corrected chi connectivity index (χ3v) is 2.48.